The van der Waals surface area contributed by atoms with Crippen LogP contribution >= 0.6 is 0 Å². The monoisotopic (exact) mass is 332 g/mol. The molecule has 1 aliphatic heterocycles. The first kappa shape index (κ1) is 13.7. The molecule has 0 radical (unpaired) electrons. The van der Waals surface area contributed by atoms with E-state index in [0.717, 1.165) is 0 Å². The third kappa shape index (κ3) is 2.28. The van der Waals surface area contributed by atoms with Crippen LogP contribution in [0, 0.1) is 0 Å². The van der Waals surface area contributed by atoms with E-state index in [0.29, 0.717) is 32.5 Å². The van der Waals surface area contributed by atoms with Gasteiger partial charge in [-0.05, 0) is 0 Å². The normalized spacial score (nSPS) is 24.1. The molecule has 0 saturated heterocycles. The van der Waals surface area contributed by atoms with Crippen molar-refractivity contribution in [2.24, 2.45) is 0 Å². The summed E-state index contributed by atoms with van der Waals surface area (Å²) >= 11 is 0.471. The van der Waals surface area contributed by atoms with Crippen molar-refractivity contribution >= 4 is 19.4 Å². The Bertz CT molecular complexity index is 616. The zero-order valence-electron chi connectivity index (χ0n) is 12.1. The van der Waals surface area contributed by atoms with Crippen molar-refractivity contribution in [2.45, 2.75) is 36.9 Å². The molecule has 3 rings (SSSR count). The number of benzene rings is 2. The van der Waals surface area contributed by atoms with Gasteiger partial charge in [0.2, 0.25) is 0 Å². The van der Waals surface area contributed by atoms with Gasteiger partial charge in [-0.2, -0.15) is 0 Å². The molecule has 0 amide bonds. The molecule has 0 fully saturated rings. The fourth-order valence-electron chi connectivity index (χ4n) is 3.45. The number of rotatable bonds is 1. The molecule has 2 unspecified atom stereocenters. The van der Waals surface area contributed by atoms with Crippen molar-refractivity contribution < 1.29 is 5.11 Å². The summed E-state index contributed by atoms with van der Waals surface area (Å²) in [7, 11) is 0. The molecular weight excluding hydrogens is 311 g/mol. The quantitative estimate of drug-likeness (QED) is 0.788. The van der Waals surface area contributed by atoms with E-state index in [-0.39, 0.29) is 4.31 Å². The summed E-state index contributed by atoms with van der Waals surface area (Å²) in [5, 5.41) is 9.51. The Labute approximate surface area is 127 Å². The van der Waals surface area contributed by atoms with Crippen molar-refractivity contribution in [2.75, 3.05) is 0 Å². The standard InChI is InChI=1S/C18H20OSe/c1-12-15-6-4-5-7-16(15)20-18(2,3)17(12)13-8-10-14(19)11-9-13/h4-12,17,19H,1-3H3. The molecule has 104 valence electrons. The molecule has 1 N–H and O–H groups in total. The third-order valence-corrected chi connectivity index (χ3v) is 7.16. The van der Waals surface area contributed by atoms with Crippen LogP contribution in [0.3, 0.4) is 0 Å². The van der Waals surface area contributed by atoms with E-state index >= 15 is 0 Å². The van der Waals surface area contributed by atoms with E-state index < -0.39 is 0 Å². The van der Waals surface area contributed by atoms with E-state index in [4.69, 9.17) is 0 Å². The van der Waals surface area contributed by atoms with Gasteiger partial charge in [-0.25, -0.2) is 0 Å². The summed E-state index contributed by atoms with van der Waals surface area (Å²) < 4.78 is 1.84. The second kappa shape index (κ2) is 4.95. The van der Waals surface area contributed by atoms with E-state index in [1.165, 1.54) is 11.1 Å². The molecule has 1 nitrogen and oxygen atoms in total. The van der Waals surface area contributed by atoms with Crippen LogP contribution in [0.5, 0.6) is 5.75 Å². The average molecular weight is 331 g/mol. The molecule has 1 aliphatic rings. The second-order valence-corrected chi connectivity index (χ2v) is 9.66. The van der Waals surface area contributed by atoms with E-state index in [2.05, 4.69) is 57.2 Å². The molecule has 2 aromatic rings. The fraction of sp³-hybridized carbons (Fsp3) is 0.333. The first-order valence-electron chi connectivity index (χ1n) is 7.06. The predicted molar refractivity (Wildman–Crippen MR) is 85.1 cm³/mol. The molecule has 20 heavy (non-hydrogen) atoms. The second-order valence-electron chi connectivity index (χ2n) is 6.10. The van der Waals surface area contributed by atoms with Gasteiger partial charge in [0.15, 0.2) is 0 Å². The fourth-order valence-corrected chi connectivity index (χ4v) is 6.71. The van der Waals surface area contributed by atoms with Crippen LogP contribution in [-0.4, -0.2) is 20.1 Å². The molecule has 2 heteroatoms. The first-order chi connectivity index (χ1) is 9.49. The van der Waals surface area contributed by atoms with Gasteiger partial charge in [0.25, 0.3) is 0 Å². The van der Waals surface area contributed by atoms with E-state index in [9.17, 15) is 5.11 Å². The number of phenols is 1. The summed E-state index contributed by atoms with van der Waals surface area (Å²) in [5.74, 6) is 1.38. The summed E-state index contributed by atoms with van der Waals surface area (Å²) in [4.78, 5) is 0. The van der Waals surface area contributed by atoms with Crippen molar-refractivity contribution in [1.29, 1.82) is 0 Å². The molecular formula is C18H20OSe. The molecule has 0 saturated carbocycles. The van der Waals surface area contributed by atoms with Crippen molar-refractivity contribution in [1.82, 2.24) is 0 Å². The Morgan fingerprint density at radius 2 is 1.65 bits per heavy atom. The zero-order valence-corrected chi connectivity index (χ0v) is 13.8. The topological polar surface area (TPSA) is 20.2 Å². The molecule has 0 aromatic heterocycles. The SMILES string of the molecule is CC1c2ccccc2[Se]C(C)(C)C1c1ccc(O)cc1. The number of phenolic OH excluding ortho intramolecular Hbond substituents is 1. The van der Waals surface area contributed by atoms with Gasteiger partial charge in [0.05, 0.1) is 0 Å². The third-order valence-electron chi connectivity index (χ3n) is 4.28. The minimum absolute atomic E-state index is 0.289. The number of hydrogen-bond acceptors (Lipinski definition) is 1. The first-order valence-corrected chi connectivity index (χ1v) is 8.77. The molecule has 0 spiro atoms. The summed E-state index contributed by atoms with van der Waals surface area (Å²) in [6.45, 7) is 7.11. The van der Waals surface area contributed by atoms with Crippen LogP contribution in [0.25, 0.3) is 0 Å². The molecule has 0 aliphatic carbocycles. The van der Waals surface area contributed by atoms with Crippen molar-refractivity contribution in [3.63, 3.8) is 0 Å². The van der Waals surface area contributed by atoms with Gasteiger partial charge in [-0.15, -0.1) is 0 Å². The van der Waals surface area contributed by atoms with Crippen LogP contribution in [0.2, 0.25) is 4.31 Å². The Morgan fingerprint density at radius 3 is 2.35 bits per heavy atom. The molecule has 0 bridgehead atoms. The molecule has 2 atom stereocenters. The number of aromatic hydroxyl groups is 1. The number of fused-ring (bicyclic) bond motifs is 1. The van der Waals surface area contributed by atoms with Crippen molar-refractivity contribution in [3.05, 3.63) is 59.7 Å². The van der Waals surface area contributed by atoms with Gasteiger partial charge in [0.1, 0.15) is 0 Å². The predicted octanol–water partition coefficient (Wildman–Crippen LogP) is 3.82. The zero-order chi connectivity index (χ0) is 14.3. The molecule has 1 heterocycles. The summed E-state index contributed by atoms with van der Waals surface area (Å²) in [6.07, 6.45) is 0. The van der Waals surface area contributed by atoms with Gasteiger partial charge >= 0.3 is 127 Å². The molecule has 2 aromatic carbocycles. The average Bonchev–Trinajstić information content (AvgIpc) is 2.40. The maximum atomic E-state index is 9.51. The summed E-state index contributed by atoms with van der Waals surface area (Å²) in [6, 6.07) is 16.7. The van der Waals surface area contributed by atoms with Crippen LogP contribution in [0.4, 0.5) is 0 Å². The van der Waals surface area contributed by atoms with Gasteiger partial charge in [0, 0.05) is 0 Å². The Kier molecular flexibility index (Phi) is 3.39. The maximum absolute atomic E-state index is 9.51. The van der Waals surface area contributed by atoms with Gasteiger partial charge < -0.3 is 0 Å². The summed E-state index contributed by atoms with van der Waals surface area (Å²) in [5.41, 5.74) is 2.85. The van der Waals surface area contributed by atoms with E-state index in [1.807, 2.05) is 12.1 Å². The van der Waals surface area contributed by atoms with Gasteiger partial charge in [-0.1, -0.05) is 0 Å². The van der Waals surface area contributed by atoms with E-state index in [1.54, 1.807) is 4.46 Å². The number of hydrogen-bond donors (Lipinski definition) is 1. The van der Waals surface area contributed by atoms with Gasteiger partial charge in [-0.3, -0.25) is 0 Å². The van der Waals surface area contributed by atoms with Crippen molar-refractivity contribution in [3.8, 4) is 5.75 Å². The van der Waals surface area contributed by atoms with Crippen LogP contribution in [0.15, 0.2) is 48.5 Å². The van der Waals surface area contributed by atoms with Crippen LogP contribution in [-0.2, 0) is 0 Å². The minimum atomic E-state index is 0.289. The van der Waals surface area contributed by atoms with Crippen LogP contribution < -0.4 is 4.46 Å². The Balaban J connectivity index is 2.08. The Hall–Kier alpha value is -1.24. The Morgan fingerprint density at radius 1 is 1.00 bits per heavy atom. The van der Waals surface area contributed by atoms with Crippen LogP contribution in [0.1, 0.15) is 43.7 Å².